The Labute approximate surface area is 187 Å². The van der Waals surface area contributed by atoms with E-state index < -0.39 is 29.4 Å². The van der Waals surface area contributed by atoms with Crippen molar-refractivity contribution >= 4 is 17.3 Å². The lowest BCUT2D eigenvalue weighted by molar-refractivity contribution is -0.144. The van der Waals surface area contributed by atoms with Crippen LogP contribution in [0.3, 0.4) is 0 Å². The summed E-state index contributed by atoms with van der Waals surface area (Å²) in [6.45, 7) is 6.97. The van der Waals surface area contributed by atoms with Crippen molar-refractivity contribution in [2.75, 3.05) is 0 Å². The van der Waals surface area contributed by atoms with E-state index in [2.05, 4.69) is 4.98 Å². The highest BCUT2D eigenvalue weighted by Crippen LogP contribution is 2.37. The van der Waals surface area contributed by atoms with Crippen LogP contribution < -0.4 is 9.47 Å². The number of hydrogen-bond acceptors (Lipinski definition) is 5. The van der Waals surface area contributed by atoms with Crippen molar-refractivity contribution in [2.24, 2.45) is 0 Å². The number of aromatic nitrogens is 1. The first-order chi connectivity index (χ1) is 14.9. The van der Waals surface area contributed by atoms with Gasteiger partial charge in [-0.05, 0) is 63.6 Å². The average molecular weight is 465 g/mol. The summed E-state index contributed by atoms with van der Waals surface area (Å²) < 4.78 is 49.9. The van der Waals surface area contributed by atoms with Gasteiger partial charge in [-0.1, -0.05) is 12.1 Å². The number of benzene rings is 2. The Balaban J connectivity index is 1.76. The predicted molar refractivity (Wildman–Crippen MR) is 115 cm³/mol. The minimum Gasteiger partial charge on any atom is -0.482 e. The summed E-state index contributed by atoms with van der Waals surface area (Å²) in [6.07, 6.45) is -3.71. The highest BCUT2D eigenvalue weighted by atomic mass is 32.1. The standard InChI is InChI=1S/C23H22F3NO4S/c1-13-11-17(9-10-18(13)30-14(2)21(28)29)31-22(3,4)19-12-27-20(32-19)15-5-7-16(8-6-15)23(24,25)26/h5-12,14H,1-4H3,(H,28,29). The first-order valence-corrected chi connectivity index (χ1v) is 10.5. The maximum absolute atomic E-state index is 12.8. The van der Waals surface area contributed by atoms with E-state index in [-0.39, 0.29) is 0 Å². The van der Waals surface area contributed by atoms with Gasteiger partial charge >= 0.3 is 12.1 Å². The summed E-state index contributed by atoms with van der Waals surface area (Å²) in [5.41, 5.74) is -0.149. The summed E-state index contributed by atoms with van der Waals surface area (Å²) in [5, 5.41) is 9.59. The zero-order chi connectivity index (χ0) is 23.7. The van der Waals surface area contributed by atoms with E-state index in [1.54, 1.807) is 31.3 Å². The molecule has 1 atom stereocenters. The quantitative estimate of drug-likeness (QED) is 0.443. The highest BCUT2D eigenvalue weighted by molar-refractivity contribution is 7.15. The second kappa shape index (κ2) is 8.82. The molecule has 1 aromatic heterocycles. The first-order valence-electron chi connectivity index (χ1n) is 9.70. The number of hydrogen-bond donors (Lipinski definition) is 1. The fourth-order valence-corrected chi connectivity index (χ4v) is 3.85. The Morgan fingerprint density at radius 3 is 2.34 bits per heavy atom. The Morgan fingerprint density at radius 2 is 1.78 bits per heavy atom. The number of thiazole rings is 1. The Hall–Kier alpha value is -3.07. The molecule has 1 unspecified atom stereocenters. The van der Waals surface area contributed by atoms with Crippen LogP contribution in [0.4, 0.5) is 13.2 Å². The molecule has 1 heterocycles. The third-order valence-electron chi connectivity index (χ3n) is 4.73. The predicted octanol–water partition coefficient (Wildman–Crippen LogP) is 6.30. The van der Waals surface area contributed by atoms with E-state index in [9.17, 15) is 18.0 Å². The van der Waals surface area contributed by atoms with Gasteiger partial charge in [-0.25, -0.2) is 9.78 Å². The number of carboxylic acid groups (broad SMARTS) is 1. The number of aliphatic carboxylic acids is 1. The number of rotatable bonds is 7. The molecular weight excluding hydrogens is 443 g/mol. The Bertz CT molecular complexity index is 1110. The van der Waals surface area contributed by atoms with Gasteiger partial charge in [-0.15, -0.1) is 11.3 Å². The van der Waals surface area contributed by atoms with Gasteiger partial charge in [0.05, 0.1) is 10.4 Å². The fraction of sp³-hybridized carbons (Fsp3) is 0.304. The Kier molecular flexibility index (Phi) is 6.50. The summed E-state index contributed by atoms with van der Waals surface area (Å²) in [5.74, 6) is -0.0420. The van der Waals surface area contributed by atoms with E-state index in [4.69, 9.17) is 14.6 Å². The Morgan fingerprint density at radius 1 is 1.12 bits per heavy atom. The van der Waals surface area contributed by atoms with Crippen LogP contribution in [-0.2, 0) is 16.6 Å². The summed E-state index contributed by atoms with van der Waals surface area (Å²) in [4.78, 5) is 16.1. The molecule has 1 N–H and O–H groups in total. The van der Waals surface area contributed by atoms with Crippen molar-refractivity contribution in [1.82, 2.24) is 4.98 Å². The number of carboxylic acids is 1. The zero-order valence-corrected chi connectivity index (χ0v) is 18.7. The molecule has 170 valence electrons. The van der Waals surface area contributed by atoms with Gasteiger partial charge < -0.3 is 14.6 Å². The van der Waals surface area contributed by atoms with Gasteiger partial charge in [0.25, 0.3) is 0 Å². The lowest BCUT2D eigenvalue weighted by Gasteiger charge is -2.25. The lowest BCUT2D eigenvalue weighted by Crippen LogP contribution is -2.24. The van der Waals surface area contributed by atoms with Crippen LogP contribution in [0, 0.1) is 6.92 Å². The van der Waals surface area contributed by atoms with Crippen molar-refractivity contribution < 1.29 is 32.5 Å². The van der Waals surface area contributed by atoms with Crippen molar-refractivity contribution in [3.8, 4) is 22.1 Å². The first kappa shape index (κ1) is 23.6. The molecule has 0 amide bonds. The molecule has 0 fully saturated rings. The van der Waals surface area contributed by atoms with Gasteiger partial charge in [0.15, 0.2) is 6.10 Å². The monoisotopic (exact) mass is 465 g/mol. The van der Waals surface area contributed by atoms with Gasteiger partial charge in [-0.3, -0.25) is 0 Å². The van der Waals surface area contributed by atoms with Crippen LogP contribution in [0.15, 0.2) is 48.7 Å². The molecule has 0 aliphatic heterocycles. The molecule has 0 aliphatic rings. The highest BCUT2D eigenvalue weighted by Gasteiger charge is 2.30. The van der Waals surface area contributed by atoms with Crippen LogP contribution in [0.1, 0.15) is 36.8 Å². The molecule has 0 aliphatic carbocycles. The smallest absolute Gasteiger partial charge is 0.416 e. The maximum atomic E-state index is 12.8. The molecule has 0 saturated heterocycles. The molecule has 3 aromatic rings. The summed E-state index contributed by atoms with van der Waals surface area (Å²) in [7, 11) is 0. The summed E-state index contributed by atoms with van der Waals surface area (Å²) >= 11 is 1.34. The van der Waals surface area contributed by atoms with E-state index in [1.165, 1.54) is 30.4 Å². The summed E-state index contributed by atoms with van der Waals surface area (Å²) in [6, 6.07) is 9.98. The molecule has 2 aromatic carbocycles. The number of aryl methyl sites for hydroxylation is 1. The molecule has 0 radical (unpaired) electrons. The normalized spacial score (nSPS) is 13.0. The molecule has 0 spiro atoms. The molecule has 0 saturated carbocycles. The topological polar surface area (TPSA) is 68.7 Å². The minimum absolute atomic E-state index is 0.451. The molecule has 9 heteroatoms. The van der Waals surface area contributed by atoms with Gasteiger partial charge in [0.2, 0.25) is 0 Å². The SMILES string of the molecule is Cc1cc(OC(C)(C)c2cnc(-c3ccc(C(F)(F)F)cc3)s2)ccc1OC(C)C(=O)O. The molecule has 3 rings (SSSR count). The molecule has 5 nitrogen and oxygen atoms in total. The van der Waals surface area contributed by atoms with Crippen LogP contribution in [0.5, 0.6) is 11.5 Å². The second-order valence-corrected chi connectivity index (χ2v) is 8.77. The minimum atomic E-state index is -4.38. The number of nitrogens with zero attached hydrogens (tertiary/aromatic N) is 1. The number of ether oxygens (including phenoxy) is 2. The molecule has 32 heavy (non-hydrogen) atoms. The number of halogens is 3. The average Bonchev–Trinajstić information content (AvgIpc) is 3.20. The van der Waals surface area contributed by atoms with Crippen LogP contribution >= 0.6 is 11.3 Å². The van der Waals surface area contributed by atoms with Gasteiger partial charge in [-0.2, -0.15) is 13.2 Å². The lowest BCUT2D eigenvalue weighted by atomic mass is 10.1. The number of carbonyl (C=O) groups is 1. The molecule has 0 bridgehead atoms. The molecular formula is C23H22F3NO4S. The fourth-order valence-electron chi connectivity index (χ4n) is 2.89. The van der Waals surface area contributed by atoms with E-state index in [1.807, 2.05) is 13.8 Å². The van der Waals surface area contributed by atoms with Crippen molar-refractivity contribution in [3.63, 3.8) is 0 Å². The van der Waals surface area contributed by atoms with Gasteiger partial charge in [0.1, 0.15) is 22.1 Å². The largest absolute Gasteiger partial charge is 0.482 e. The number of alkyl halides is 3. The van der Waals surface area contributed by atoms with Crippen LogP contribution in [0.2, 0.25) is 0 Å². The van der Waals surface area contributed by atoms with E-state index >= 15 is 0 Å². The second-order valence-electron chi connectivity index (χ2n) is 7.74. The van der Waals surface area contributed by atoms with Crippen molar-refractivity contribution in [2.45, 2.75) is 45.6 Å². The third-order valence-corrected chi connectivity index (χ3v) is 6.08. The van der Waals surface area contributed by atoms with Crippen LogP contribution in [0.25, 0.3) is 10.6 Å². The van der Waals surface area contributed by atoms with Gasteiger partial charge in [0, 0.05) is 11.8 Å². The van der Waals surface area contributed by atoms with E-state index in [0.717, 1.165) is 22.6 Å². The van der Waals surface area contributed by atoms with Crippen LogP contribution in [-0.4, -0.2) is 22.2 Å². The zero-order valence-electron chi connectivity index (χ0n) is 17.9. The maximum Gasteiger partial charge on any atom is 0.416 e. The van der Waals surface area contributed by atoms with Crippen molar-refractivity contribution in [3.05, 3.63) is 64.7 Å². The van der Waals surface area contributed by atoms with Crippen molar-refractivity contribution in [1.29, 1.82) is 0 Å². The third kappa shape index (κ3) is 5.40. The van der Waals surface area contributed by atoms with E-state index in [0.29, 0.717) is 22.1 Å².